The molecule has 0 aliphatic heterocycles. The Morgan fingerprint density at radius 3 is 2.70 bits per heavy atom. The van der Waals surface area contributed by atoms with Crippen LogP contribution in [0.15, 0.2) is 36.4 Å². The number of aromatic carboxylic acids is 1. The molecule has 0 atom stereocenters. The standard InChI is InChI=1S/C15H13N3O2/c1-9-4-3-5-11(6-9)13-8-12(15(19)20)16-14-7-10(2)17-18(13)14/h3-8H,1-2H3,(H,19,20). The zero-order valence-electron chi connectivity index (χ0n) is 11.2. The number of aromatic nitrogens is 3. The van der Waals surface area contributed by atoms with Crippen molar-refractivity contribution in [2.45, 2.75) is 13.8 Å². The average molecular weight is 267 g/mol. The lowest BCUT2D eigenvalue weighted by atomic mass is 10.1. The Bertz CT molecular complexity index is 821. The molecular formula is C15H13N3O2. The molecule has 0 aliphatic carbocycles. The van der Waals surface area contributed by atoms with Gasteiger partial charge in [0.05, 0.1) is 11.4 Å². The van der Waals surface area contributed by atoms with Crippen LogP contribution in [0.4, 0.5) is 0 Å². The Labute approximate surface area is 115 Å². The van der Waals surface area contributed by atoms with Gasteiger partial charge in [-0.25, -0.2) is 14.3 Å². The first-order valence-electron chi connectivity index (χ1n) is 6.22. The first kappa shape index (κ1) is 12.3. The molecule has 0 spiro atoms. The minimum atomic E-state index is -1.04. The summed E-state index contributed by atoms with van der Waals surface area (Å²) >= 11 is 0. The smallest absolute Gasteiger partial charge is 0.354 e. The lowest BCUT2D eigenvalue weighted by molar-refractivity contribution is 0.0690. The number of carboxylic acids is 1. The minimum Gasteiger partial charge on any atom is -0.477 e. The number of hydrogen-bond donors (Lipinski definition) is 1. The highest BCUT2D eigenvalue weighted by Gasteiger charge is 2.13. The lowest BCUT2D eigenvalue weighted by Crippen LogP contribution is -2.05. The summed E-state index contributed by atoms with van der Waals surface area (Å²) in [6.45, 7) is 3.85. The summed E-state index contributed by atoms with van der Waals surface area (Å²) in [5, 5.41) is 13.6. The van der Waals surface area contributed by atoms with Crippen LogP contribution in [0, 0.1) is 13.8 Å². The third-order valence-electron chi connectivity index (χ3n) is 3.08. The maximum Gasteiger partial charge on any atom is 0.354 e. The third-order valence-corrected chi connectivity index (χ3v) is 3.08. The number of fused-ring (bicyclic) bond motifs is 1. The normalized spacial score (nSPS) is 10.9. The molecule has 3 rings (SSSR count). The Morgan fingerprint density at radius 1 is 1.20 bits per heavy atom. The van der Waals surface area contributed by atoms with Crippen molar-refractivity contribution in [2.24, 2.45) is 0 Å². The van der Waals surface area contributed by atoms with Crippen LogP contribution in [-0.2, 0) is 0 Å². The van der Waals surface area contributed by atoms with E-state index < -0.39 is 5.97 Å². The van der Waals surface area contributed by atoms with Crippen molar-refractivity contribution >= 4 is 11.6 Å². The molecule has 0 amide bonds. The summed E-state index contributed by atoms with van der Waals surface area (Å²) < 4.78 is 1.68. The summed E-state index contributed by atoms with van der Waals surface area (Å²) in [5.74, 6) is -1.04. The van der Waals surface area contributed by atoms with E-state index in [-0.39, 0.29) is 5.69 Å². The Morgan fingerprint density at radius 2 is 2.00 bits per heavy atom. The fourth-order valence-electron chi connectivity index (χ4n) is 2.21. The highest BCUT2D eigenvalue weighted by molar-refractivity contribution is 5.87. The highest BCUT2D eigenvalue weighted by Crippen LogP contribution is 2.22. The summed E-state index contributed by atoms with van der Waals surface area (Å²) in [5.41, 5.74) is 4.11. The van der Waals surface area contributed by atoms with Crippen LogP contribution in [0.5, 0.6) is 0 Å². The van der Waals surface area contributed by atoms with E-state index in [1.165, 1.54) is 0 Å². The van der Waals surface area contributed by atoms with E-state index >= 15 is 0 Å². The van der Waals surface area contributed by atoms with Crippen LogP contribution < -0.4 is 0 Å². The van der Waals surface area contributed by atoms with E-state index in [1.54, 1.807) is 16.6 Å². The highest BCUT2D eigenvalue weighted by atomic mass is 16.4. The van der Waals surface area contributed by atoms with Gasteiger partial charge < -0.3 is 5.11 Å². The summed E-state index contributed by atoms with van der Waals surface area (Å²) in [4.78, 5) is 15.3. The molecule has 100 valence electrons. The third kappa shape index (κ3) is 2.03. The number of rotatable bonds is 2. The molecule has 1 N–H and O–H groups in total. The molecule has 2 aromatic heterocycles. The fourth-order valence-corrected chi connectivity index (χ4v) is 2.21. The van der Waals surface area contributed by atoms with Crippen molar-refractivity contribution in [1.29, 1.82) is 0 Å². The van der Waals surface area contributed by atoms with Gasteiger partial charge in [-0.3, -0.25) is 0 Å². The van der Waals surface area contributed by atoms with Crippen LogP contribution >= 0.6 is 0 Å². The SMILES string of the molecule is Cc1cccc(-c2cc(C(=O)O)nc3cc(C)nn23)c1. The van der Waals surface area contributed by atoms with Gasteiger partial charge in [-0.05, 0) is 26.0 Å². The largest absolute Gasteiger partial charge is 0.477 e. The van der Waals surface area contributed by atoms with Gasteiger partial charge in [0.1, 0.15) is 0 Å². The quantitative estimate of drug-likeness (QED) is 0.775. The van der Waals surface area contributed by atoms with E-state index in [0.717, 1.165) is 22.5 Å². The van der Waals surface area contributed by atoms with Crippen LogP contribution in [0.25, 0.3) is 16.9 Å². The molecule has 5 nitrogen and oxygen atoms in total. The van der Waals surface area contributed by atoms with E-state index in [2.05, 4.69) is 10.1 Å². The second-order valence-electron chi connectivity index (χ2n) is 4.76. The summed E-state index contributed by atoms with van der Waals surface area (Å²) in [7, 11) is 0. The molecule has 0 unspecified atom stereocenters. The Hall–Kier alpha value is -2.69. The van der Waals surface area contributed by atoms with E-state index in [0.29, 0.717) is 5.65 Å². The van der Waals surface area contributed by atoms with Gasteiger partial charge in [-0.2, -0.15) is 5.10 Å². The first-order chi connectivity index (χ1) is 9.54. The second kappa shape index (κ2) is 4.45. The number of hydrogen-bond acceptors (Lipinski definition) is 3. The van der Waals surface area contributed by atoms with Crippen molar-refractivity contribution in [3.8, 4) is 11.3 Å². The van der Waals surface area contributed by atoms with Crippen molar-refractivity contribution in [3.05, 3.63) is 53.3 Å². The van der Waals surface area contributed by atoms with Gasteiger partial charge in [0.2, 0.25) is 0 Å². The lowest BCUT2D eigenvalue weighted by Gasteiger charge is -2.07. The molecule has 20 heavy (non-hydrogen) atoms. The Kier molecular flexibility index (Phi) is 2.75. The first-order valence-corrected chi connectivity index (χ1v) is 6.22. The molecule has 3 aromatic rings. The van der Waals surface area contributed by atoms with E-state index in [4.69, 9.17) is 0 Å². The molecule has 2 heterocycles. The summed E-state index contributed by atoms with van der Waals surface area (Å²) in [6, 6.07) is 11.2. The number of carboxylic acid groups (broad SMARTS) is 1. The maximum absolute atomic E-state index is 11.2. The van der Waals surface area contributed by atoms with E-state index in [1.807, 2.05) is 38.1 Å². The van der Waals surface area contributed by atoms with Gasteiger partial charge in [-0.15, -0.1) is 0 Å². The van der Waals surface area contributed by atoms with Crippen molar-refractivity contribution in [1.82, 2.24) is 14.6 Å². The average Bonchev–Trinajstić information content (AvgIpc) is 2.77. The molecule has 0 bridgehead atoms. The van der Waals surface area contributed by atoms with Gasteiger partial charge >= 0.3 is 5.97 Å². The maximum atomic E-state index is 11.2. The molecule has 0 fully saturated rings. The van der Waals surface area contributed by atoms with E-state index in [9.17, 15) is 9.90 Å². The minimum absolute atomic E-state index is 0.0221. The second-order valence-corrected chi connectivity index (χ2v) is 4.76. The number of benzene rings is 1. The predicted octanol–water partition coefficient (Wildman–Crippen LogP) is 2.71. The fraction of sp³-hybridized carbons (Fsp3) is 0.133. The monoisotopic (exact) mass is 267 g/mol. The Balaban J connectivity index is 2.35. The van der Waals surface area contributed by atoms with Crippen LogP contribution in [0.2, 0.25) is 0 Å². The topological polar surface area (TPSA) is 67.5 Å². The summed E-state index contributed by atoms with van der Waals surface area (Å²) in [6.07, 6.45) is 0. The van der Waals surface area contributed by atoms with Crippen LogP contribution in [0.1, 0.15) is 21.7 Å². The van der Waals surface area contributed by atoms with Crippen molar-refractivity contribution in [3.63, 3.8) is 0 Å². The molecule has 0 saturated heterocycles. The van der Waals surface area contributed by atoms with Crippen LogP contribution in [-0.4, -0.2) is 25.7 Å². The zero-order valence-corrected chi connectivity index (χ0v) is 11.2. The van der Waals surface area contributed by atoms with Gasteiger partial charge in [0.25, 0.3) is 0 Å². The molecule has 0 saturated carbocycles. The van der Waals surface area contributed by atoms with Crippen molar-refractivity contribution in [2.75, 3.05) is 0 Å². The van der Waals surface area contributed by atoms with Gasteiger partial charge in [0, 0.05) is 11.6 Å². The number of carbonyl (C=O) groups is 1. The van der Waals surface area contributed by atoms with Gasteiger partial charge in [-0.1, -0.05) is 23.8 Å². The van der Waals surface area contributed by atoms with Gasteiger partial charge in [0.15, 0.2) is 11.3 Å². The number of aryl methyl sites for hydroxylation is 2. The molecular weight excluding hydrogens is 254 g/mol. The molecule has 0 aliphatic rings. The molecule has 0 radical (unpaired) electrons. The molecule has 1 aromatic carbocycles. The molecule has 5 heteroatoms. The van der Waals surface area contributed by atoms with Crippen molar-refractivity contribution < 1.29 is 9.90 Å². The van der Waals surface area contributed by atoms with Crippen LogP contribution in [0.3, 0.4) is 0 Å². The zero-order chi connectivity index (χ0) is 14.3. The predicted molar refractivity (Wildman–Crippen MR) is 74.9 cm³/mol. The number of nitrogens with zero attached hydrogens (tertiary/aromatic N) is 3.